The molecule has 2 rings (SSSR count). The molecule has 0 amide bonds. The van der Waals surface area contributed by atoms with Gasteiger partial charge in [-0.3, -0.25) is 0 Å². The van der Waals surface area contributed by atoms with Gasteiger partial charge in [-0.25, -0.2) is 8.78 Å². The minimum atomic E-state index is -6.33. The predicted molar refractivity (Wildman–Crippen MR) is 77.8 cm³/mol. The van der Waals surface area contributed by atoms with Gasteiger partial charge in [0.2, 0.25) is 5.41 Å². The second-order valence-electron chi connectivity index (χ2n) is 5.53. The van der Waals surface area contributed by atoms with Crippen molar-refractivity contribution in [1.29, 1.82) is 0 Å². The molecular weight excluding hydrogens is 392 g/mol. The van der Waals surface area contributed by atoms with Crippen molar-refractivity contribution in [2.24, 2.45) is 0 Å². The second-order valence-corrected chi connectivity index (χ2v) is 5.53. The molecule has 0 atom stereocenters. The van der Waals surface area contributed by atoms with E-state index in [1.54, 1.807) is 0 Å². The number of nitrogen functional groups attached to an aromatic ring is 2. The first-order valence-corrected chi connectivity index (χ1v) is 6.85. The van der Waals surface area contributed by atoms with Crippen molar-refractivity contribution in [2.75, 3.05) is 11.5 Å². The molecule has 2 aromatic carbocycles. The summed E-state index contributed by atoms with van der Waals surface area (Å²) in [5, 5.41) is 19.6. The van der Waals surface area contributed by atoms with E-state index in [-0.39, 0.29) is 24.3 Å². The number of hydrogen-bond donors (Lipinski definition) is 4. The fourth-order valence-electron chi connectivity index (χ4n) is 2.73. The summed E-state index contributed by atoms with van der Waals surface area (Å²) in [5.41, 5.74) is -1.48. The van der Waals surface area contributed by atoms with Crippen molar-refractivity contribution >= 4 is 11.4 Å². The number of anilines is 2. The predicted octanol–water partition coefficient (Wildman–Crippen LogP) is 3.95. The summed E-state index contributed by atoms with van der Waals surface area (Å²) in [5.74, 6) is -6.76. The van der Waals surface area contributed by atoms with Gasteiger partial charge in [0.25, 0.3) is 0 Å². The van der Waals surface area contributed by atoms with Gasteiger partial charge in [-0.2, -0.15) is 26.3 Å². The Hall–Kier alpha value is -2.92. The first-order valence-electron chi connectivity index (χ1n) is 6.85. The second kappa shape index (κ2) is 6.06. The number of alkyl halides is 6. The SMILES string of the molecule is Nc1cc(F)cc(C(c2cc(F)cc(N)c2O)(C(F)(F)F)C(F)(F)F)c1O. The summed E-state index contributed by atoms with van der Waals surface area (Å²) in [4.78, 5) is 0. The smallest absolute Gasteiger partial charge is 0.411 e. The number of phenolic OH excluding ortho intramolecular Hbond substituents is 2. The van der Waals surface area contributed by atoms with Gasteiger partial charge in [0.1, 0.15) is 23.1 Å². The molecule has 148 valence electrons. The summed E-state index contributed by atoms with van der Waals surface area (Å²) in [7, 11) is 0. The summed E-state index contributed by atoms with van der Waals surface area (Å²) in [6, 6.07) is 0.0622. The molecule has 4 nitrogen and oxygen atoms in total. The zero-order valence-corrected chi connectivity index (χ0v) is 12.9. The van der Waals surface area contributed by atoms with E-state index in [9.17, 15) is 45.3 Å². The van der Waals surface area contributed by atoms with Crippen LogP contribution in [-0.2, 0) is 5.41 Å². The highest BCUT2D eigenvalue weighted by molar-refractivity contribution is 5.67. The van der Waals surface area contributed by atoms with E-state index in [0.717, 1.165) is 0 Å². The first kappa shape index (κ1) is 20.4. The van der Waals surface area contributed by atoms with Crippen molar-refractivity contribution in [2.45, 2.75) is 17.8 Å². The van der Waals surface area contributed by atoms with Crippen LogP contribution in [0.1, 0.15) is 11.1 Å². The Bertz CT molecular complexity index is 819. The van der Waals surface area contributed by atoms with Crippen LogP contribution in [0.25, 0.3) is 0 Å². The van der Waals surface area contributed by atoms with Crippen molar-refractivity contribution in [3.05, 3.63) is 47.0 Å². The van der Waals surface area contributed by atoms with Crippen LogP contribution in [0.4, 0.5) is 46.5 Å². The molecule has 0 radical (unpaired) electrons. The van der Waals surface area contributed by atoms with Crippen molar-refractivity contribution in [1.82, 2.24) is 0 Å². The maximum atomic E-state index is 13.9. The number of aromatic hydroxyl groups is 2. The number of benzene rings is 2. The van der Waals surface area contributed by atoms with Crippen LogP contribution in [0.15, 0.2) is 24.3 Å². The van der Waals surface area contributed by atoms with Crippen LogP contribution in [-0.4, -0.2) is 22.6 Å². The molecule has 2 aromatic rings. The van der Waals surface area contributed by atoms with Gasteiger partial charge in [-0.05, 0) is 12.1 Å². The van der Waals surface area contributed by atoms with E-state index in [1.165, 1.54) is 0 Å². The van der Waals surface area contributed by atoms with Gasteiger partial charge >= 0.3 is 12.4 Å². The van der Waals surface area contributed by atoms with Crippen LogP contribution in [0.3, 0.4) is 0 Å². The van der Waals surface area contributed by atoms with Gasteiger partial charge in [-0.1, -0.05) is 0 Å². The summed E-state index contributed by atoms with van der Waals surface area (Å²) in [6.07, 6.45) is -12.7. The molecule has 0 aliphatic rings. The largest absolute Gasteiger partial charge is 0.505 e. The van der Waals surface area contributed by atoms with Crippen LogP contribution < -0.4 is 11.5 Å². The molecule has 6 N–H and O–H groups in total. The highest BCUT2D eigenvalue weighted by atomic mass is 19.4. The van der Waals surface area contributed by atoms with Crippen LogP contribution in [0, 0.1) is 11.6 Å². The monoisotopic (exact) mass is 402 g/mol. The molecule has 0 saturated carbocycles. The molecule has 0 aliphatic heterocycles. The third-order valence-corrected chi connectivity index (χ3v) is 3.87. The Labute approximate surface area is 145 Å². The maximum Gasteiger partial charge on any atom is 0.411 e. The van der Waals surface area contributed by atoms with E-state index < -0.39 is 63.4 Å². The molecule has 0 unspecified atom stereocenters. The van der Waals surface area contributed by atoms with Gasteiger partial charge in [0, 0.05) is 23.3 Å². The lowest BCUT2D eigenvalue weighted by Crippen LogP contribution is -2.55. The summed E-state index contributed by atoms with van der Waals surface area (Å²) >= 11 is 0. The molecule has 0 saturated heterocycles. The molecule has 0 fully saturated rings. The number of halogens is 8. The van der Waals surface area contributed by atoms with Crippen LogP contribution in [0.5, 0.6) is 11.5 Å². The highest BCUT2D eigenvalue weighted by Crippen LogP contribution is 2.61. The van der Waals surface area contributed by atoms with Crippen LogP contribution in [0.2, 0.25) is 0 Å². The highest BCUT2D eigenvalue weighted by Gasteiger charge is 2.74. The molecule has 0 bridgehead atoms. The third-order valence-electron chi connectivity index (χ3n) is 3.87. The topological polar surface area (TPSA) is 92.5 Å². The fourth-order valence-corrected chi connectivity index (χ4v) is 2.73. The maximum absolute atomic E-state index is 13.9. The molecule has 12 heteroatoms. The molecule has 27 heavy (non-hydrogen) atoms. The molecule has 0 spiro atoms. The van der Waals surface area contributed by atoms with E-state index in [1.807, 2.05) is 0 Å². The van der Waals surface area contributed by atoms with Crippen LogP contribution >= 0.6 is 0 Å². The van der Waals surface area contributed by atoms with Crippen molar-refractivity contribution in [3.8, 4) is 11.5 Å². The molecule has 0 aromatic heterocycles. The molecule has 0 aliphatic carbocycles. The summed E-state index contributed by atoms with van der Waals surface area (Å²) in [6.45, 7) is 0. The number of rotatable bonds is 2. The quantitative estimate of drug-likeness (QED) is 0.348. The lowest BCUT2D eigenvalue weighted by atomic mass is 9.71. The van der Waals surface area contributed by atoms with E-state index in [0.29, 0.717) is 0 Å². The lowest BCUT2D eigenvalue weighted by molar-refractivity contribution is -0.289. The van der Waals surface area contributed by atoms with E-state index in [2.05, 4.69) is 0 Å². The minimum absolute atomic E-state index is 0.257. The van der Waals surface area contributed by atoms with Crippen molar-refractivity contribution in [3.63, 3.8) is 0 Å². The zero-order chi connectivity index (χ0) is 20.9. The Kier molecular flexibility index (Phi) is 4.58. The Balaban J connectivity index is 3.18. The Morgan fingerprint density at radius 3 is 1.19 bits per heavy atom. The number of phenols is 2. The average molecular weight is 402 g/mol. The summed E-state index contributed by atoms with van der Waals surface area (Å²) < 4.78 is 110. The van der Waals surface area contributed by atoms with Gasteiger partial charge in [-0.15, -0.1) is 0 Å². The zero-order valence-electron chi connectivity index (χ0n) is 12.9. The first-order chi connectivity index (χ1) is 12.1. The van der Waals surface area contributed by atoms with E-state index >= 15 is 0 Å². The lowest BCUT2D eigenvalue weighted by Gasteiger charge is -2.39. The third kappa shape index (κ3) is 2.94. The van der Waals surface area contributed by atoms with Gasteiger partial charge in [0.15, 0.2) is 0 Å². The van der Waals surface area contributed by atoms with E-state index in [4.69, 9.17) is 11.5 Å². The standard InChI is InChI=1S/C15H10F8N2O2/c16-5-1-7(11(26)9(24)3-5)13(14(18,19)20,15(21,22)23)8-2-6(17)4-10(25)12(8)27/h1-4,26-27H,24-25H2. The van der Waals surface area contributed by atoms with Crippen molar-refractivity contribution < 1.29 is 45.3 Å². The normalized spacial score (nSPS) is 13.0. The Morgan fingerprint density at radius 2 is 0.926 bits per heavy atom. The fraction of sp³-hybridized carbons (Fsp3) is 0.200. The number of hydrogen-bond acceptors (Lipinski definition) is 4. The minimum Gasteiger partial charge on any atom is -0.505 e. The van der Waals surface area contributed by atoms with Gasteiger partial charge < -0.3 is 21.7 Å². The average Bonchev–Trinajstić information content (AvgIpc) is 2.46. The number of nitrogens with two attached hydrogens (primary N) is 2. The van der Waals surface area contributed by atoms with Gasteiger partial charge in [0.05, 0.1) is 11.4 Å². The Morgan fingerprint density at radius 1 is 0.630 bits per heavy atom. The molecule has 0 heterocycles. The molecular formula is C15H10F8N2O2.